The number of amides is 1. The summed E-state index contributed by atoms with van der Waals surface area (Å²) in [6.07, 6.45) is 1.17. The van der Waals surface area contributed by atoms with Crippen molar-refractivity contribution in [3.8, 4) is 0 Å². The smallest absolute Gasteiger partial charge is 0.338 e. The van der Waals surface area contributed by atoms with Crippen LogP contribution in [0.4, 0.5) is 13.3 Å². The summed E-state index contributed by atoms with van der Waals surface area (Å²) in [5.41, 5.74) is 1.60. The Labute approximate surface area is 238 Å². The second-order valence-electron chi connectivity index (χ2n) is 10.7. The van der Waals surface area contributed by atoms with Crippen molar-refractivity contribution in [2.24, 2.45) is 11.8 Å². The van der Waals surface area contributed by atoms with Crippen molar-refractivity contribution in [1.29, 1.82) is 0 Å². The van der Waals surface area contributed by atoms with E-state index in [2.05, 4.69) is 4.72 Å². The summed E-state index contributed by atoms with van der Waals surface area (Å²) < 4.78 is 76.5. The standard InChI is InChI=1S/C29H36F3N3O5S/c1-2-40-27(36)24-10-8-22(9-11-24)20-41(38,39)33-14-17-34-15-12-21(13-16-34)19-35(32)28(37)29(30,31)26-18-25(26)23-6-4-3-5-7-23/h3-11,21,25-26,33H,2,12-20H2,1H3. The quantitative estimate of drug-likeness (QED) is 0.276. The summed E-state index contributed by atoms with van der Waals surface area (Å²) in [7, 11) is -3.61. The lowest BCUT2D eigenvalue weighted by Crippen LogP contribution is -2.45. The predicted molar refractivity (Wildman–Crippen MR) is 147 cm³/mol. The first kappa shape index (κ1) is 31.0. The molecule has 0 spiro atoms. The van der Waals surface area contributed by atoms with Gasteiger partial charge in [0.2, 0.25) is 10.0 Å². The maximum absolute atomic E-state index is 14.7. The van der Waals surface area contributed by atoms with E-state index in [0.29, 0.717) is 43.6 Å². The topological polar surface area (TPSA) is 96.0 Å². The number of rotatable bonds is 13. The molecule has 1 aliphatic heterocycles. The molecule has 4 rings (SSSR count). The van der Waals surface area contributed by atoms with Crippen LogP contribution in [0.1, 0.15) is 53.6 Å². The van der Waals surface area contributed by atoms with Crippen LogP contribution in [0.5, 0.6) is 0 Å². The highest BCUT2D eigenvalue weighted by Crippen LogP contribution is 2.56. The maximum Gasteiger partial charge on any atom is 0.338 e. The van der Waals surface area contributed by atoms with Gasteiger partial charge >= 0.3 is 17.8 Å². The molecule has 1 amide bonds. The Hall–Kier alpha value is -2.96. The third kappa shape index (κ3) is 8.30. The molecule has 1 heterocycles. The van der Waals surface area contributed by atoms with Crippen molar-refractivity contribution < 1.29 is 36.0 Å². The minimum atomic E-state index is -3.75. The number of likely N-dealkylation sites (tertiary alicyclic amines) is 1. The zero-order valence-electron chi connectivity index (χ0n) is 23.0. The highest BCUT2D eigenvalue weighted by molar-refractivity contribution is 7.88. The number of carbonyl (C=O) groups is 2. The normalized spacial score (nSPS) is 20.0. The molecule has 0 bridgehead atoms. The zero-order valence-corrected chi connectivity index (χ0v) is 23.8. The van der Waals surface area contributed by atoms with Crippen molar-refractivity contribution in [2.75, 3.05) is 39.3 Å². The molecule has 41 heavy (non-hydrogen) atoms. The van der Waals surface area contributed by atoms with Gasteiger partial charge in [-0.3, -0.25) is 4.79 Å². The molecule has 2 atom stereocenters. The summed E-state index contributed by atoms with van der Waals surface area (Å²) in [5.74, 6) is -8.12. The molecule has 12 heteroatoms. The van der Waals surface area contributed by atoms with Gasteiger partial charge in [0.05, 0.1) is 24.5 Å². The van der Waals surface area contributed by atoms with Gasteiger partial charge in [-0.15, -0.1) is 0 Å². The lowest BCUT2D eigenvalue weighted by atomic mass is 9.96. The van der Waals surface area contributed by atoms with E-state index in [1.54, 1.807) is 49.4 Å². The molecule has 2 aromatic carbocycles. The fraction of sp³-hybridized carbons (Fsp3) is 0.517. The third-order valence-electron chi connectivity index (χ3n) is 7.69. The summed E-state index contributed by atoms with van der Waals surface area (Å²) >= 11 is 0. The fourth-order valence-corrected chi connectivity index (χ4v) is 6.40. The summed E-state index contributed by atoms with van der Waals surface area (Å²) in [6, 6.07) is 14.9. The number of alkyl halides is 2. The molecule has 2 aromatic rings. The molecule has 1 saturated carbocycles. The van der Waals surface area contributed by atoms with E-state index in [1.165, 1.54) is 12.1 Å². The van der Waals surface area contributed by atoms with Gasteiger partial charge in [-0.25, -0.2) is 17.9 Å². The minimum absolute atomic E-state index is 0.153. The van der Waals surface area contributed by atoms with Gasteiger partial charge in [0, 0.05) is 19.0 Å². The van der Waals surface area contributed by atoms with Gasteiger partial charge in [0.25, 0.3) is 0 Å². The molecule has 1 aliphatic carbocycles. The number of nitrogens with zero attached hydrogens (tertiary/aromatic N) is 2. The zero-order chi connectivity index (χ0) is 29.6. The molecule has 1 N–H and O–H groups in total. The first-order valence-electron chi connectivity index (χ1n) is 13.9. The van der Waals surface area contributed by atoms with Crippen molar-refractivity contribution in [3.05, 3.63) is 71.3 Å². The Kier molecular flexibility index (Phi) is 10.1. The van der Waals surface area contributed by atoms with Crippen LogP contribution in [0.25, 0.3) is 0 Å². The van der Waals surface area contributed by atoms with Crippen LogP contribution in [0.2, 0.25) is 0 Å². The summed E-state index contributed by atoms with van der Waals surface area (Å²) in [5, 5.41) is -0.311. The Bertz CT molecular complexity index is 1290. The van der Waals surface area contributed by atoms with Crippen molar-refractivity contribution in [1.82, 2.24) is 14.7 Å². The number of hydrogen-bond acceptors (Lipinski definition) is 6. The van der Waals surface area contributed by atoms with E-state index in [4.69, 9.17) is 4.74 Å². The number of nitrogens with one attached hydrogen (secondary N) is 1. The van der Waals surface area contributed by atoms with Crippen LogP contribution in [0.15, 0.2) is 54.6 Å². The number of hydrogen-bond donors (Lipinski definition) is 1. The van der Waals surface area contributed by atoms with E-state index in [9.17, 15) is 31.3 Å². The number of carbonyl (C=O) groups excluding carboxylic acids is 2. The largest absolute Gasteiger partial charge is 0.462 e. The maximum atomic E-state index is 14.7. The molecule has 224 valence electrons. The molecule has 0 aromatic heterocycles. The van der Waals surface area contributed by atoms with Crippen molar-refractivity contribution in [2.45, 2.75) is 43.8 Å². The van der Waals surface area contributed by atoms with Gasteiger partial charge in [-0.2, -0.15) is 13.9 Å². The summed E-state index contributed by atoms with van der Waals surface area (Å²) in [4.78, 5) is 26.1. The number of halogens is 3. The number of sulfonamides is 1. The number of ether oxygens (including phenoxy) is 1. The van der Waals surface area contributed by atoms with Gasteiger partial charge in [-0.1, -0.05) is 46.9 Å². The molecule has 2 unspecified atom stereocenters. The van der Waals surface area contributed by atoms with Crippen LogP contribution in [-0.2, 0) is 25.3 Å². The number of esters is 1. The Morgan fingerprint density at radius 3 is 2.37 bits per heavy atom. The lowest BCUT2D eigenvalue weighted by Gasteiger charge is -2.33. The highest BCUT2D eigenvalue weighted by atomic mass is 32.2. The minimum Gasteiger partial charge on any atom is -0.462 e. The molecule has 1 saturated heterocycles. The average Bonchev–Trinajstić information content (AvgIpc) is 3.76. The monoisotopic (exact) mass is 595 g/mol. The molecular formula is C29H36F3N3O5S. The Morgan fingerprint density at radius 1 is 1.07 bits per heavy atom. The van der Waals surface area contributed by atoms with Crippen LogP contribution in [0, 0.1) is 11.8 Å². The van der Waals surface area contributed by atoms with Crippen molar-refractivity contribution >= 4 is 21.9 Å². The van der Waals surface area contributed by atoms with Crippen LogP contribution >= 0.6 is 0 Å². The predicted octanol–water partition coefficient (Wildman–Crippen LogP) is 4.15. The Morgan fingerprint density at radius 2 is 1.73 bits per heavy atom. The number of piperidine rings is 1. The second kappa shape index (κ2) is 13.3. The van der Waals surface area contributed by atoms with Gasteiger partial charge < -0.3 is 9.64 Å². The van der Waals surface area contributed by atoms with Crippen LogP contribution in [-0.4, -0.2) is 75.6 Å². The molecule has 8 nitrogen and oxygen atoms in total. The van der Waals surface area contributed by atoms with Crippen LogP contribution in [0.3, 0.4) is 0 Å². The third-order valence-corrected chi connectivity index (χ3v) is 9.04. The van der Waals surface area contributed by atoms with E-state index >= 15 is 0 Å². The highest BCUT2D eigenvalue weighted by Gasteiger charge is 2.61. The van der Waals surface area contributed by atoms with E-state index in [1.807, 2.05) is 4.90 Å². The van der Waals surface area contributed by atoms with Crippen molar-refractivity contribution in [3.63, 3.8) is 0 Å². The number of benzene rings is 2. The van der Waals surface area contributed by atoms with E-state index in [0.717, 1.165) is 5.56 Å². The molecule has 0 radical (unpaired) electrons. The molecular weight excluding hydrogens is 559 g/mol. The lowest BCUT2D eigenvalue weighted by molar-refractivity contribution is -0.178. The first-order chi connectivity index (χ1) is 19.5. The molecule has 2 aliphatic rings. The van der Waals surface area contributed by atoms with E-state index in [-0.39, 0.29) is 42.9 Å². The fourth-order valence-electron chi connectivity index (χ4n) is 5.27. The van der Waals surface area contributed by atoms with E-state index < -0.39 is 39.7 Å². The van der Waals surface area contributed by atoms with Gasteiger partial charge in [-0.05, 0) is 74.4 Å². The average molecular weight is 596 g/mol. The molecule has 2 fully saturated rings. The SMILES string of the molecule is CCOC(=O)c1ccc(CS(=O)(=O)NCCN2CCC(CN(F)C(=O)C(F)(F)C3CC3c3ccccc3)CC2)cc1. The van der Waals surface area contributed by atoms with Crippen LogP contribution < -0.4 is 4.72 Å². The van der Waals surface area contributed by atoms with Gasteiger partial charge in [0.15, 0.2) is 0 Å². The first-order valence-corrected chi connectivity index (χ1v) is 15.5. The Balaban J connectivity index is 1.15. The van der Waals surface area contributed by atoms with Gasteiger partial charge in [0.1, 0.15) is 0 Å². The second-order valence-corrected chi connectivity index (χ2v) is 12.5. The summed E-state index contributed by atoms with van der Waals surface area (Å²) in [6.45, 7) is 3.27.